The lowest BCUT2D eigenvalue weighted by molar-refractivity contribution is -0.157. The molecule has 0 N–H and O–H groups in total. The Bertz CT molecular complexity index is 871. The number of ether oxygens (including phenoxy) is 1. The van der Waals surface area contributed by atoms with Gasteiger partial charge in [0.15, 0.2) is 12.4 Å². The van der Waals surface area contributed by atoms with Crippen LogP contribution in [0.15, 0.2) is 42.5 Å². The van der Waals surface area contributed by atoms with E-state index in [0.29, 0.717) is 17.4 Å². The van der Waals surface area contributed by atoms with Crippen molar-refractivity contribution in [2.24, 2.45) is 35.5 Å². The van der Waals surface area contributed by atoms with Gasteiger partial charge in [0.05, 0.1) is 11.8 Å². The lowest BCUT2D eigenvalue weighted by Gasteiger charge is -2.37. The van der Waals surface area contributed by atoms with Crippen LogP contribution >= 0.6 is 0 Å². The normalized spacial score (nSPS) is 35.4. The van der Waals surface area contributed by atoms with Gasteiger partial charge in [-0.25, -0.2) is 4.79 Å². The lowest BCUT2D eigenvalue weighted by atomic mass is 9.63. The molecule has 28 heavy (non-hydrogen) atoms. The van der Waals surface area contributed by atoms with E-state index in [1.54, 1.807) is 30.3 Å². The van der Waals surface area contributed by atoms with E-state index in [-0.39, 0.29) is 41.3 Å². The molecule has 1 heterocycles. The Kier molecular flexibility index (Phi) is 3.79. The molecule has 7 atom stereocenters. The largest absolute Gasteiger partial charge is 0.456 e. The summed E-state index contributed by atoms with van der Waals surface area (Å²) in [5.74, 6) is -1.01. The molecule has 6 rings (SSSR count). The molecule has 5 aliphatic rings. The van der Waals surface area contributed by atoms with Crippen LogP contribution in [0.2, 0.25) is 0 Å². The molecule has 0 spiro atoms. The molecule has 0 aromatic heterocycles. The van der Waals surface area contributed by atoms with E-state index in [9.17, 15) is 19.2 Å². The first kappa shape index (κ1) is 17.3. The molecule has 2 bridgehead atoms. The van der Waals surface area contributed by atoms with Crippen molar-refractivity contribution >= 4 is 23.6 Å². The summed E-state index contributed by atoms with van der Waals surface area (Å²) in [7, 11) is 0. The number of amides is 2. The van der Waals surface area contributed by atoms with Crippen LogP contribution in [-0.2, 0) is 19.1 Å². The van der Waals surface area contributed by atoms with Crippen LogP contribution in [-0.4, -0.2) is 41.1 Å². The van der Waals surface area contributed by atoms with Crippen LogP contribution in [0.3, 0.4) is 0 Å². The van der Waals surface area contributed by atoms with Gasteiger partial charge in [0.25, 0.3) is 0 Å². The number of hydrogen-bond acceptors (Lipinski definition) is 5. The SMILES string of the molecule is C[C@@H](C(=O)OCC(=O)c1ccccc1)N1C(=O)[C@H]2[C@@H]3C=C[C@H]([C@H]4C[C@H]34)[C@@H]2C1=O. The van der Waals surface area contributed by atoms with Crippen LogP contribution < -0.4 is 0 Å². The number of carbonyl (C=O) groups is 4. The number of ketones is 1. The molecule has 0 unspecified atom stereocenters. The minimum Gasteiger partial charge on any atom is -0.456 e. The van der Waals surface area contributed by atoms with Gasteiger partial charge in [0.2, 0.25) is 11.8 Å². The van der Waals surface area contributed by atoms with Crippen molar-refractivity contribution in [3.63, 3.8) is 0 Å². The highest BCUT2D eigenvalue weighted by Gasteiger charge is 2.67. The van der Waals surface area contributed by atoms with Gasteiger partial charge in [0.1, 0.15) is 6.04 Å². The van der Waals surface area contributed by atoms with E-state index in [2.05, 4.69) is 12.2 Å². The number of rotatable bonds is 5. The fourth-order valence-corrected chi connectivity index (χ4v) is 5.43. The molecule has 3 fully saturated rings. The fraction of sp³-hybridized carbons (Fsp3) is 0.455. The zero-order valence-electron chi connectivity index (χ0n) is 15.5. The maximum Gasteiger partial charge on any atom is 0.329 e. The van der Waals surface area contributed by atoms with Crippen molar-refractivity contribution in [3.05, 3.63) is 48.0 Å². The van der Waals surface area contributed by atoms with Crippen LogP contribution in [0, 0.1) is 35.5 Å². The molecule has 0 radical (unpaired) electrons. The lowest BCUT2D eigenvalue weighted by Crippen LogP contribution is -2.45. The van der Waals surface area contributed by atoms with Gasteiger partial charge in [-0.05, 0) is 37.0 Å². The summed E-state index contributed by atoms with van der Waals surface area (Å²) >= 11 is 0. The topological polar surface area (TPSA) is 80.8 Å². The number of likely N-dealkylation sites (tertiary alicyclic amines) is 1. The third-order valence-electron chi connectivity index (χ3n) is 6.87. The van der Waals surface area contributed by atoms with Gasteiger partial charge in [-0.3, -0.25) is 19.3 Å². The first-order valence-corrected chi connectivity index (χ1v) is 9.79. The first-order valence-electron chi connectivity index (χ1n) is 9.79. The second kappa shape index (κ2) is 6.12. The van der Waals surface area contributed by atoms with Gasteiger partial charge in [-0.2, -0.15) is 0 Å². The summed E-state index contributed by atoms with van der Waals surface area (Å²) in [6.45, 7) is 1.09. The van der Waals surface area contributed by atoms with Crippen LogP contribution in [0.25, 0.3) is 0 Å². The number of Topliss-reactive ketones (excluding diaryl/α,β-unsaturated/α-hetero) is 1. The third kappa shape index (κ3) is 2.40. The van der Waals surface area contributed by atoms with Crippen molar-refractivity contribution in [1.29, 1.82) is 0 Å². The van der Waals surface area contributed by atoms with Crippen LogP contribution in [0.5, 0.6) is 0 Å². The fourth-order valence-electron chi connectivity index (χ4n) is 5.43. The summed E-state index contributed by atoms with van der Waals surface area (Å²) in [4.78, 5) is 51.7. The quantitative estimate of drug-likeness (QED) is 0.338. The third-order valence-corrected chi connectivity index (χ3v) is 6.87. The summed E-state index contributed by atoms with van der Waals surface area (Å²) in [5, 5.41) is 0. The zero-order valence-corrected chi connectivity index (χ0v) is 15.5. The Balaban J connectivity index is 1.27. The molecular formula is C22H21NO5. The number of allylic oxidation sites excluding steroid dienone is 2. The van der Waals surface area contributed by atoms with Crippen molar-refractivity contribution in [1.82, 2.24) is 4.90 Å². The molecule has 1 aliphatic heterocycles. The summed E-state index contributed by atoms with van der Waals surface area (Å²) in [6, 6.07) is 7.52. The predicted octanol–water partition coefficient (Wildman–Crippen LogP) is 1.85. The van der Waals surface area contributed by atoms with E-state index in [1.165, 1.54) is 6.92 Å². The number of carbonyl (C=O) groups excluding carboxylic acids is 4. The van der Waals surface area contributed by atoms with Gasteiger partial charge in [0, 0.05) is 5.56 Å². The highest BCUT2D eigenvalue weighted by atomic mass is 16.5. The maximum atomic E-state index is 13.0. The second-order valence-corrected chi connectivity index (χ2v) is 8.27. The molecule has 6 heteroatoms. The summed E-state index contributed by atoms with van der Waals surface area (Å²) < 4.78 is 5.13. The average Bonchev–Trinajstić information content (AvgIpc) is 3.50. The molecule has 1 aromatic carbocycles. The van der Waals surface area contributed by atoms with Crippen molar-refractivity contribution < 1.29 is 23.9 Å². The second-order valence-electron chi connectivity index (χ2n) is 8.27. The van der Waals surface area contributed by atoms with Gasteiger partial charge >= 0.3 is 5.97 Å². The molecule has 1 saturated heterocycles. The monoisotopic (exact) mass is 379 g/mol. The molecule has 144 valence electrons. The molecular weight excluding hydrogens is 358 g/mol. The highest BCUT2D eigenvalue weighted by Crippen LogP contribution is 2.65. The van der Waals surface area contributed by atoms with Crippen molar-refractivity contribution in [3.8, 4) is 0 Å². The highest BCUT2D eigenvalue weighted by molar-refractivity contribution is 6.09. The number of nitrogens with zero attached hydrogens (tertiary/aromatic N) is 1. The van der Waals surface area contributed by atoms with Gasteiger partial charge in [-0.15, -0.1) is 0 Å². The number of imide groups is 1. The Morgan fingerprint density at radius 2 is 1.61 bits per heavy atom. The first-order chi connectivity index (χ1) is 13.5. The number of esters is 1. The standard InChI is InChI=1S/C22H21NO5/c1-11(22(27)28-10-17(24)12-5-3-2-4-6-12)23-20(25)18-13-7-8-14(16-9-15(13)16)19(18)21(23)26/h2-8,11,13-16,18-19H,9-10H2,1H3/t11-,13+,14+,15+,16+,18-,19-/m0/s1. The average molecular weight is 379 g/mol. The molecule has 2 saturated carbocycles. The van der Waals surface area contributed by atoms with E-state index in [1.807, 2.05) is 0 Å². The Morgan fingerprint density at radius 3 is 2.18 bits per heavy atom. The zero-order chi connectivity index (χ0) is 19.6. The van der Waals surface area contributed by atoms with E-state index < -0.39 is 18.6 Å². The van der Waals surface area contributed by atoms with E-state index in [4.69, 9.17) is 4.74 Å². The van der Waals surface area contributed by atoms with E-state index in [0.717, 1.165) is 11.3 Å². The summed E-state index contributed by atoms with van der Waals surface area (Å²) in [5.41, 5.74) is 0.448. The minimum atomic E-state index is -1.02. The number of benzene rings is 1. The molecule has 4 aliphatic carbocycles. The molecule has 6 nitrogen and oxygen atoms in total. The number of hydrogen-bond donors (Lipinski definition) is 0. The van der Waals surface area contributed by atoms with Crippen LogP contribution in [0.1, 0.15) is 23.7 Å². The maximum absolute atomic E-state index is 13.0. The van der Waals surface area contributed by atoms with Crippen molar-refractivity contribution in [2.75, 3.05) is 6.61 Å². The van der Waals surface area contributed by atoms with Crippen molar-refractivity contribution in [2.45, 2.75) is 19.4 Å². The van der Waals surface area contributed by atoms with Gasteiger partial charge < -0.3 is 4.74 Å². The smallest absolute Gasteiger partial charge is 0.329 e. The van der Waals surface area contributed by atoms with Crippen LogP contribution in [0.4, 0.5) is 0 Å². The van der Waals surface area contributed by atoms with E-state index >= 15 is 0 Å². The minimum absolute atomic E-state index is 0.115. The predicted molar refractivity (Wildman–Crippen MR) is 97.7 cm³/mol. The summed E-state index contributed by atoms with van der Waals surface area (Å²) in [6.07, 6.45) is 5.28. The molecule has 2 amide bonds. The Labute approximate surface area is 162 Å². The van der Waals surface area contributed by atoms with Gasteiger partial charge in [-0.1, -0.05) is 42.5 Å². The Hall–Kier alpha value is -2.76. The molecule has 1 aromatic rings. The Morgan fingerprint density at radius 1 is 1.04 bits per heavy atom.